The molecule has 0 aliphatic heterocycles. The van der Waals surface area contributed by atoms with Crippen LogP contribution < -0.4 is 16.1 Å². The van der Waals surface area contributed by atoms with Crippen molar-refractivity contribution in [1.82, 2.24) is 19.6 Å². The van der Waals surface area contributed by atoms with E-state index >= 15 is 0 Å². The van der Waals surface area contributed by atoms with E-state index in [-0.39, 0.29) is 12.6 Å². The van der Waals surface area contributed by atoms with Gasteiger partial charge < -0.3 is 15.7 Å². The fourth-order valence-corrected chi connectivity index (χ4v) is 2.73. The number of aromatic nitrogens is 4. The summed E-state index contributed by atoms with van der Waals surface area (Å²) in [4.78, 5) is 8.78. The second kappa shape index (κ2) is 7.98. The smallest absolute Gasteiger partial charge is 0.153 e. The molecule has 7 nitrogen and oxygen atoms in total. The molecule has 3 heterocycles. The van der Waals surface area contributed by atoms with Gasteiger partial charge in [-0.3, -0.25) is 4.98 Å². The van der Waals surface area contributed by atoms with Gasteiger partial charge in [0.1, 0.15) is 19.5 Å². The zero-order valence-corrected chi connectivity index (χ0v) is 14.6. The maximum atomic E-state index is 9.54. The van der Waals surface area contributed by atoms with Crippen LogP contribution in [0.25, 0.3) is 5.65 Å². The van der Waals surface area contributed by atoms with Gasteiger partial charge in [-0.15, -0.1) is 0 Å². The van der Waals surface area contributed by atoms with Crippen molar-refractivity contribution < 1.29 is 5.11 Å². The number of nitrogens with zero attached hydrogens (tertiary/aromatic N) is 4. The number of hydrogen-bond acceptors (Lipinski definition) is 6. The lowest BCUT2D eigenvalue weighted by Gasteiger charge is -2.17. The Hall–Kier alpha value is -2.61. The van der Waals surface area contributed by atoms with Gasteiger partial charge in [0.25, 0.3) is 0 Å². The third kappa shape index (κ3) is 4.08. The van der Waals surface area contributed by atoms with E-state index in [1.807, 2.05) is 32.2 Å². The predicted molar refractivity (Wildman–Crippen MR) is 102 cm³/mol. The summed E-state index contributed by atoms with van der Waals surface area (Å²) in [6.45, 7) is 2.82. The lowest BCUT2D eigenvalue weighted by atomic mass is 10.0. The molecule has 0 aromatic carbocycles. The first-order chi connectivity index (χ1) is 12.2. The van der Waals surface area contributed by atoms with Crippen molar-refractivity contribution in [2.24, 2.45) is 0 Å². The first-order valence-electron chi connectivity index (χ1n) is 8.56. The Morgan fingerprint density at radius 1 is 1.36 bits per heavy atom. The highest BCUT2D eigenvalue weighted by atomic mass is 16.3. The molecule has 0 saturated heterocycles. The molecule has 0 radical (unpaired) electrons. The normalized spacial score (nSPS) is 12.2. The average Bonchev–Trinajstić information content (AvgIpc) is 3.01. The minimum Gasteiger partial charge on any atom is -0.394 e. The van der Waals surface area contributed by atoms with Crippen molar-refractivity contribution in [3.63, 3.8) is 0 Å². The average molecular weight is 338 g/mol. The number of aliphatic hydroxyl groups excluding tert-OH is 1. The fraction of sp³-hybridized carbons (Fsp3) is 0.353. The number of nitrogens with one attached hydrogen (secondary N) is 2. The summed E-state index contributed by atoms with van der Waals surface area (Å²) in [5, 5.41) is 20.7. The number of hydrogen-bond donors (Lipinski definition) is 3. The summed E-state index contributed by atoms with van der Waals surface area (Å²) in [7, 11) is 1.99. The summed E-state index contributed by atoms with van der Waals surface area (Å²) in [6, 6.07) is 5.86. The highest BCUT2D eigenvalue weighted by Crippen LogP contribution is 2.17. The highest BCUT2D eigenvalue weighted by Gasteiger charge is 2.12. The number of aliphatic hydroxyl groups is 1. The predicted octanol–water partition coefficient (Wildman–Crippen LogP) is 0.568. The molecule has 3 rings (SSSR count). The van der Waals surface area contributed by atoms with Crippen molar-refractivity contribution in [2.75, 3.05) is 17.2 Å². The first-order valence-corrected chi connectivity index (χ1v) is 8.56. The molecule has 0 saturated carbocycles. The van der Waals surface area contributed by atoms with Crippen LogP contribution in [0.5, 0.6) is 0 Å². The van der Waals surface area contributed by atoms with E-state index in [2.05, 4.69) is 32.6 Å². The van der Waals surface area contributed by atoms with Crippen LogP contribution in [0.3, 0.4) is 0 Å². The van der Waals surface area contributed by atoms with Crippen LogP contribution in [-0.4, -0.2) is 45.2 Å². The summed E-state index contributed by atoms with van der Waals surface area (Å²) in [5.41, 5.74) is 2.89. The van der Waals surface area contributed by atoms with Crippen molar-refractivity contribution in [3.8, 4) is 0 Å². The summed E-state index contributed by atoms with van der Waals surface area (Å²) >= 11 is 0. The topological polar surface area (TPSA) is 87.4 Å². The lowest BCUT2D eigenvalue weighted by molar-refractivity contribution is 0.268. The quantitative estimate of drug-likeness (QED) is 0.521. The lowest BCUT2D eigenvalue weighted by Crippen LogP contribution is -2.24. The molecular formula is C17H23BN6O. The molecule has 0 spiro atoms. The molecule has 3 N–H and O–H groups in total. The van der Waals surface area contributed by atoms with Gasteiger partial charge in [0, 0.05) is 31.2 Å². The molecule has 0 unspecified atom stereocenters. The van der Waals surface area contributed by atoms with Crippen LogP contribution in [0.1, 0.15) is 25.3 Å². The van der Waals surface area contributed by atoms with Gasteiger partial charge in [-0.1, -0.05) is 19.4 Å². The second-order valence-corrected chi connectivity index (χ2v) is 6.12. The Kier molecular flexibility index (Phi) is 5.50. The van der Waals surface area contributed by atoms with Crippen LogP contribution in [-0.2, 0) is 6.54 Å². The Morgan fingerprint density at radius 3 is 2.96 bits per heavy atom. The maximum absolute atomic E-state index is 9.54. The molecule has 25 heavy (non-hydrogen) atoms. The van der Waals surface area contributed by atoms with Gasteiger partial charge in [-0.05, 0) is 23.5 Å². The van der Waals surface area contributed by atoms with Crippen molar-refractivity contribution >= 4 is 30.6 Å². The number of fused-ring (bicyclic) bond motifs is 1. The van der Waals surface area contributed by atoms with Crippen LogP contribution in [0.15, 0.2) is 36.8 Å². The van der Waals surface area contributed by atoms with E-state index in [4.69, 9.17) is 0 Å². The molecule has 0 bridgehead atoms. The van der Waals surface area contributed by atoms with Crippen molar-refractivity contribution in [1.29, 1.82) is 0 Å². The zero-order chi connectivity index (χ0) is 17.6. The van der Waals surface area contributed by atoms with Gasteiger partial charge >= 0.3 is 0 Å². The van der Waals surface area contributed by atoms with Crippen molar-refractivity contribution in [3.05, 3.63) is 42.4 Å². The molecule has 0 aliphatic rings. The summed E-state index contributed by atoms with van der Waals surface area (Å²) < 4.78 is 1.80. The molecule has 0 amide bonds. The van der Waals surface area contributed by atoms with E-state index in [0.717, 1.165) is 41.2 Å². The molecule has 1 atom stereocenters. The van der Waals surface area contributed by atoms with Crippen LogP contribution in [0.4, 0.5) is 11.6 Å². The van der Waals surface area contributed by atoms with Gasteiger partial charge in [-0.25, -0.2) is 4.98 Å². The molecule has 130 valence electrons. The molecule has 8 heteroatoms. The van der Waals surface area contributed by atoms with E-state index in [0.29, 0.717) is 6.54 Å². The zero-order valence-electron chi connectivity index (χ0n) is 14.6. The number of anilines is 2. The molecule has 0 aliphatic carbocycles. The largest absolute Gasteiger partial charge is 0.394 e. The van der Waals surface area contributed by atoms with Gasteiger partial charge in [0.15, 0.2) is 5.65 Å². The van der Waals surface area contributed by atoms with Gasteiger partial charge in [-0.2, -0.15) is 9.61 Å². The van der Waals surface area contributed by atoms with Crippen LogP contribution in [0, 0.1) is 0 Å². The van der Waals surface area contributed by atoms with Crippen LogP contribution >= 0.6 is 0 Å². The Bertz CT molecular complexity index is 823. The number of pyridine rings is 1. The summed E-state index contributed by atoms with van der Waals surface area (Å²) in [5.74, 6) is 1.58. The molecule has 0 fully saturated rings. The van der Waals surface area contributed by atoms with Crippen LogP contribution in [0.2, 0.25) is 0 Å². The monoisotopic (exact) mass is 338 g/mol. The van der Waals surface area contributed by atoms with Gasteiger partial charge in [0.05, 0.1) is 12.6 Å². The number of rotatable bonds is 8. The van der Waals surface area contributed by atoms with E-state index in [1.165, 1.54) is 0 Å². The molecule has 3 aromatic heterocycles. The molecular weight excluding hydrogens is 315 g/mol. The SMILES string of the molecule is Bc1cnn2c(NCc3cccnc3)cc(N[C@H](CO)CCC)nc12. The third-order valence-corrected chi connectivity index (χ3v) is 4.05. The Morgan fingerprint density at radius 2 is 2.24 bits per heavy atom. The van der Waals surface area contributed by atoms with E-state index in [9.17, 15) is 5.11 Å². The standard InChI is InChI=1S/C17H23BN6O/c1-2-4-13(11-25)22-15-7-16(20-9-12-5-3-6-19-8-12)24-17(23-15)14(18)10-21-24/h3,5-8,10,13,20,25H,2,4,9,11,18H2,1H3,(H,22,23)/t13-/m0/s1. The highest BCUT2D eigenvalue weighted by molar-refractivity contribution is 6.36. The van der Waals surface area contributed by atoms with E-state index in [1.54, 1.807) is 16.9 Å². The van der Waals surface area contributed by atoms with Gasteiger partial charge in [0.2, 0.25) is 0 Å². The van der Waals surface area contributed by atoms with Crippen molar-refractivity contribution in [2.45, 2.75) is 32.4 Å². The maximum Gasteiger partial charge on any atom is 0.153 e. The second-order valence-electron chi connectivity index (χ2n) is 6.12. The first kappa shape index (κ1) is 17.2. The fourth-order valence-electron chi connectivity index (χ4n) is 2.73. The Labute approximate surface area is 147 Å². The third-order valence-electron chi connectivity index (χ3n) is 4.05. The minimum absolute atomic E-state index is 0.00523. The Balaban J connectivity index is 1.87. The summed E-state index contributed by atoms with van der Waals surface area (Å²) in [6.07, 6.45) is 7.28. The van der Waals surface area contributed by atoms with E-state index < -0.39 is 0 Å². The molecule has 3 aromatic rings. The minimum atomic E-state index is -0.00523.